The molecule has 0 saturated heterocycles. The zero-order chi connectivity index (χ0) is 13.9. The van der Waals surface area contributed by atoms with E-state index in [2.05, 4.69) is 23.7 Å². The Morgan fingerprint density at radius 3 is 2.44 bits per heavy atom. The van der Waals surface area contributed by atoms with E-state index in [0.29, 0.717) is 11.7 Å². The predicted molar refractivity (Wildman–Crippen MR) is 73.5 cm³/mol. The molecule has 0 spiro atoms. The zero-order valence-corrected chi connectivity index (χ0v) is 11.9. The molecule has 0 radical (unpaired) electrons. The Hall–Kier alpha value is -1.29. The number of carboxylic acids is 1. The average Bonchev–Trinajstić information content (AvgIpc) is 2.24. The summed E-state index contributed by atoms with van der Waals surface area (Å²) in [6.07, 6.45) is 0. The van der Waals surface area contributed by atoms with Gasteiger partial charge in [0.15, 0.2) is 0 Å². The molecule has 0 aliphatic carbocycles. The third kappa shape index (κ3) is 3.88. The molecule has 1 aromatic heterocycles. The summed E-state index contributed by atoms with van der Waals surface area (Å²) in [4.78, 5) is 17.3. The van der Waals surface area contributed by atoms with Crippen LogP contribution < -0.4 is 4.90 Å². The van der Waals surface area contributed by atoms with Crippen molar-refractivity contribution in [1.82, 2.24) is 4.98 Å². The predicted octanol–water partition coefficient (Wildman–Crippen LogP) is 3.30. The molecule has 0 saturated carbocycles. The van der Waals surface area contributed by atoms with Gasteiger partial charge < -0.3 is 10.0 Å². The molecule has 1 N–H and O–H groups in total. The molecule has 1 heterocycles. The van der Waals surface area contributed by atoms with E-state index in [4.69, 9.17) is 16.7 Å². The third-order valence-electron chi connectivity index (χ3n) is 2.51. The van der Waals surface area contributed by atoms with Gasteiger partial charge in [0.2, 0.25) is 0 Å². The molecule has 0 fully saturated rings. The first kappa shape index (κ1) is 14.8. The Labute approximate surface area is 113 Å². The first-order valence-corrected chi connectivity index (χ1v) is 6.36. The summed E-state index contributed by atoms with van der Waals surface area (Å²) in [5.74, 6) is 0.0823. The average molecular weight is 271 g/mol. The molecule has 0 aliphatic heterocycles. The van der Waals surface area contributed by atoms with Gasteiger partial charge >= 0.3 is 5.97 Å². The molecule has 0 bridgehead atoms. The summed E-state index contributed by atoms with van der Waals surface area (Å²) in [6.45, 7) is 9.12. The number of hydrogen-bond acceptors (Lipinski definition) is 3. The number of hydrogen-bond donors (Lipinski definition) is 1. The van der Waals surface area contributed by atoms with Gasteiger partial charge in [0.25, 0.3) is 0 Å². The van der Waals surface area contributed by atoms with E-state index in [1.165, 1.54) is 6.07 Å². The normalized spacial score (nSPS) is 11.1. The topological polar surface area (TPSA) is 53.4 Å². The van der Waals surface area contributed by atoms with Gasteiger partial charge in [-0.2, -0.15) is 0 Å². The Morgan fingerprint density at radius 1 is 1.39 bits per heavy atom. The molecule has 0 unspecified atom stereocenters. The molecule has 5 heteroatoms. The lowest BCUT2D eigenvalue weighted by Gasteiger charge is -2.29. The third-order valence-corrected chi connectivity index (χ3v) is 2.70. The van der Waals surface area contributed by atoms with Crippen molar-refractivity contribution >= 4 is 23.4 Å². The van der Waals surface area contributed by atoms with Crippen molar-refractivity contribution in [2.45, 2.75) is 33.7 Å². The first-order chi connectivity index (χ1) is 8.31. The quantitative estimate of drug-likeness (QED) is 0.834. The van der Waals surface area contributed by atoms with Crippen LogP contribution in [0.5, 0.6) is 0 Å². The lowest BCUT2D eigenvalue weighted by Crippen LogP contribution is -2.35. The van der Waals surface area contributed by atoms with E-state index in [0.717, 1.165) is 6.54 Å². The highest BCUT2D eigenvalue weighted by molar-refractivity contribution is 6.29. The minimum absolute atomic E-state index is 0.166. The fourth-order valence-corrected chi connectivity index (χ4v) is 1.92. The van der Waals surface area contributed by atoms with Gasteiger partial charge in [-0.3, -0.25) is 0 Å². The van der Waals surface area contributed by atoms with Crippen molar-refractivity contribution in [1.29, 1.82) is 0 Å². The summed E-state index contributed by atoms with van der Waals surface area (Å²) < 4.78 is 0. The van der Waals surface area contributed by atoms with Crippen molar-refractivity contribution < 1.29 is 9.90 Å². The molecule has 100 valence electrons. The summed E-state index contributed by atoms with van der Waals surface area (Å²) in [6, 6.07) is 3.16. The maximum atomic E-state index is 11.0. The minimum Gasteiger partial charge on any atom is -0.478 e. The largest absolute Gasteiger partial charge is 0.478 e. The van der Waals surface area contributed by atoms with Crippen LogP contribution in [0.3, 0.4) is 0 Å². The Kier molecular flexibility index (Phi) is 4.96. The van der Waals surface area contributed by atoms with Crippen LogP contribution in [-0.2, 0) is 0 Å². The molecule has 1 aromatic rings. The van der Waals surface area contributed by atoms with E-state index in [1.54, 1.807) is 6.07 Å². The van der Waals surface area contributed by atoms with Gasteiger partial charge in [-0.05, 0) is 31.9 Å². The van der Waals surface area contributed by atoms with Gasteiger partial charge in [0.1, 0.15) is 11.0 Å². The maximum Gasteiger partial charge on any atom is 0.335 e. The number of carboxylic acid groups (broad SMARTS) is 1. The fraction of sp³-hybridized carbons (Fsp3) is 0.538. The second kappa shape index (κ2) is 6.05. The van der Waals surface area contributed by atoms with Crippen LogP contribution in [0.1, 0.15) is 38.1 Å². The highest BCUT2D eigenvalue weighted by Crippen LogP contribution is 2.21. The van der Waals surface area contributed by atoms with Crippen molar-refractivity contribution in [2.24, 2.45) is 5.92 Å². The molecule has 4 nitrogen and oxygen atoms in total. The monoisotopic (exact) mass is 270 g/mol. The van der Waals surface area contributed by atoms with Crippen molar-refractivity contribution in [3.05, 3.63) is 22.8 Å². The van der Waals surface area contributed by atoms with Gasteiger partial charge in [-0.1, -0.05) is 25.4 Å². The van der Waals surface area contributed by atoms with E-state index in [1.807, 2.05) is 13.8 Å². The highest BCUT2D eigenvalue weighted by atomic mass is 35.5. The van der Waals surface area contributed by atoms with Gasteiger partial charge in [0, 0.05) is 12.6 Å². The lowest BCUT2D eigenvalue weighted by molar-refractivity contribution is 0.0696. The number of aromatic nitrogens is 1. The van der Waals surface area contributed by atoms with Gasteiger partial charge in [-0.15, -0.1) is 0 Å². The smallest absolute Gasteiger partial charge is 0.335 e. The first-order valence-electron chi connectivity index (χ1n) is 5.98. The SMILES string of the molecule is CC(C)CN(c1cc(C(=O)O)cc(Cl)n1)C(C)C. The Morgan fingerprint density at radius 2 is 2.00 bits per heavy atom. The number of aromatic carboxylic acids is 1. The Bertz CT molecular complexity index is 433. The summed E-state index contributed by atoms with van der Waals surface area (Å²) >= 11 is 5.88. The summed E-state index contributed by atoms with van der Waals surface area (Å²) in [7, 11) is 0. The van der Waals surface area contributed by atoms with E-state index >= 15 is 0 Å². The summed E-state index contributed by atoms with van der Waals surface area (Å²) in [5.41, 5.74) is 0.166. The van der Waals surface area contributed by atoms with E-state index in [-0.39, 0.29) is 16.8 Å². The molecule has 1 rings (SSSR count). The molecule has 18 heavy (non-hydrogen) atoms. The molecule has 0 amide bonds. The van der Waals surface area contributed by atoms with Crippen LogP contribution in [0, 0.1) is 5.92 Å². The lowest BCUT2D eigenvalue weighted by atomic mass is 10.1. The van der Waals surface area contributed by atoms with Crippen LogP contribution in [-0.4, -0.2) is 28.6 Å². The number of anilines is 1. The number of nitrogens with zero attached hydrogens (tertiary/aromatic N) is 2. The van der Waals surface area contributed by atoms with Gasteiger partial charge in [-0.25, -0.2) is 9.78 Å². The minimum atomic E-state index is -0.992. The number of pyridine rings is 1. The number of halogens is 1. The van der Waals surface area contributed by atoms with E-state index < -0.39 is 5.97 Å². The molecule has 0 atom stereocenters. The number of rotatable bonds is 5. The van der Waals surface area contributed by atoms with Crippen LogP contribution >= 0.6 is 11.6 Å². The number of carbonyl (C=O) groups is 1. The van der Waals surface area contributed by atoms with Crippen LogP contribution in [0.2, 0.25) is 5.15 Å². The van der Waals surface area contributed by atoms with Crippen molar-refractivity contribution in [2.75, 3.05) is 11.4 Å². The second-order valence-electron chi connectivity index (χ2n) is 4.98. The zero-order valence-electron chi connectivity index (χ0n) is 11.1. The second-order valence-corrected chi connectivity index (χ2v) is 5.37. The molecule has 0 aliphatic rings. The summed E-state index contributed by atoms with van der Waals surface area (Å²) in [5, 5.41) is 9.24. The van der Waals surface area contributed by atoms with Crippen molar-refractivity contribution in [3.8, 4) is 0 Å². The van der Waals surface area contributed by atoms with Crippen LogP contribution in [0.15, 0.2) is 12.1 Å². The maximum absolute atomic E-state index is 11.0. The van der Waals surface area contributed by atoms with Gasteiger partial charge in [0.05, 0.1) is 5.56 Å². The standard InChI is InChI=1S/C13H19ClN2O2/c1-8(2)7-16(9(3)4)12-6-10(13(17)18)5-11(14)15-12/h5-6,8-9H,7H2,1-4H3,(H,17,18). The molecular weight excluding hydrogens is 252 g/mol. The Balaban J connectivity index is 3.15. The van der Waals surface area contributed by atoms with Crippen molar-refractivity contribution in [3.63, 3.8) is 0 Å². The highest BCUT2D eigenvalue weighted by Gasteiger charge is 2.16. The van der Waals surface area contributed by atoms with Crippen LogP contribution in [0.25, 0.3) is 0 Å². The fourth-order valence-electron chi connectivity index (χ4n) is 1.72. The molecular formula is C13H19ClN2O2. The molecule has 0 aromatic carbocycles. The van der Waals surface area contributed by atoms with Crippen LogP contribution in [0.4, 0.5) is 5.82 Å². The van der Waals surface area contributed by atoms with E-state index in [9.17, 15) is 4.79 Å².